The normalized spacial score (nSPS) is 13.1. The molecule has 0 bridgehead atoms. The Bertz CT molecular complexity index is 938. The van der Waals surface area contributed by atoms with Crippen molar-refractivity contribution in [3.8, 4) is 0 Å². The summed E-state index contributed by atoms with van der Waals surface area (Å²) in [5.41, 5.74) is 6.63. The molecule has 0 saturated carbocycles. The lowest BCUT2D eigenvalue weighted by atomic mass is 9.95. The number of benzene rings is 1. The second-order valence-electron chi connectivity index (χ2n) is 9.13. The van der Waals surface area contributed by atoms with Crippen LogP contribution in [-0.4, -0.2) is 40.4 Å². The molecule has 7 nitrogen and oxygen atoms in total. The van der Waals surface area contributed by atoms with Crippen LogP contribution >= 0.6 is 11.8 Å². The molecule has 1 unspecified atom stereocenters. The first-order chi connectivity index (χ1) is 17.1. The Balaban J connectivity index is 0.0000130. The maximum absolute atomic E-state index is 12.6. The van der Waals surface area contributed by atoms with Gasteiger partial charge in [-0.25, -0.2) is 5.84 Å². The summed E-state index contributed by atoms with van der Waals surface area (Å²) in [5.74, 6) is 3.20. The Morgan fingerprint density at radius 2 is 1.57 bits per heavy atom. The van der Waals surface area contributed by atoms with Crippen molar-refractivity contribution in [2.75, 3.05) is 11.5 Å². The number of nitrogens with two attached hydrogens (primary N) is 1. The lowest BCUT2D eigenvalue weighted by molar-refractivity contribution is -0.141. The van der Waals surface area contributed by atoms with Crippen molar-refractivity contribution in [1.29, 1.82) is 0 Å². The van der Waals surface area contributed by atoms with Gasteiger partial charge in [0.05, 0.1) is 5.92 Å². The largest absolute Gasteiger partial charge is 0.481 e. The van der Waals surface area contributed by atoms with E-state index in [2.05, 4.69) is 56.7 Å². The molecule has 0 saturated heterocycles. The smallest absolute Gasteiger partial charge is 0.311 e. The van der Waals surface area contributed by atoms with E-state index in [1.807, 2.05) is 0 Å². The molecule has 1 aromatic rings. The molecular formula is C29H45N3O4S. The molecule has 0 aliphatic heterocycles. The van der Waals surface area contributed by atoms with Crippen molar-refractivity contribution in [3.05, 3.63) is 70.8 Å². The molecule has 0 aromatic heterocycles. The molecule has 0 aliphatic rings. The molecule has 37 heavy (non-hydrogen) atoms. The molecule has 2 atom stereocenters. The molecular weight excluding hydrogens is 486 g/mol. The summed E-state index contributed by atoms with van der Waals surface area (Å²) >= 11 is 1.50. The van der Waals surface area contributed by atoms with Gasteiger partial charge in [0, 0.05) is 17.9 Å². The Hall–Kier alpha value is -2.84. The maximum atomic E-state index is 12.6. The quantitative estimate of drug-likeness (QED) is 0.0734. The number of thioether (sulfide) groups is 1. The Kier molecular flexibility index (Phi) is 17.8. The molecule has 206 valence electrons. The van der Waals surface area contributed by atoms with Crippen molar-refractivity contribution in [2.24, 2.45) is 5.84 Å². The fraction of sp³-hybridized carbons (Fsp3) is 0.483. The van der Waals surface area contributed by atoms with Crippen LogP contribution in [0.1, 0.15) is 78.7 Å². The topological polar surface area (TPSA) is 122 Å². The highest BCUT2D eigenvalue weighted by molar-refractivity contribution is 7.99. The number of carboxylic acids is 1. The van der Waals surface area contributed by atoms with E-state index in [9.17, 15) is 19.5 Å². The van der Waals surface area contributed by atoms with Crippen molar-refractivity contribution in [2.45, 2.75) is 79.2 Å². The number of carbonyl (C=O) groups excluding carboxylic acids is 2. The summed E-state index contributed by atoms with van der Waals surface area (Å²) < 4.78 is 0. The second-order valence-corrected chi connectivity index (χ2v) is 10.2. The van der Waals surface area contributed by atoms with Crippen molar-refractivity contribution >= 4 is 29.5 Å². The predicted octanol–water partition coefficient (Wildman–Crippen LogP) is 5.51. The lowest BCUT2D eigenvalue weighted by Gasteiger charge is -2.18. The van der Waals surface area contributed by atoms with Crippen LogP contribution in [0.3, 0.4) is 0 Å². The molecule has 0 aliphatic carbocycles. The van der Waals surface area contributed by atoms with E-state index in [0.717, 1.165) is 25.7 Å². The summed E-state index contributed by atoms with van der Waals surface area (Å²) in [6.07, 6.45) is 10.5. The van der Waals surface area contributed by atoms with Gasteiger partial charge in [-0.2, -0.15) is 11.8 Å². The molecule has 0 fully saturated rings. The first-order valence-electron chi connectivity index (χ1n) is 12.2. The van der Waals surface area contributed by atoms with E-state index in [1.54, 1.807) is 30.3 Å². The monoisotopic (exact) mass is 531 g/mol. The summed E-state index contributed by atoms with van der Waals surface area (Å²) in [5, 5.41) is 12.2. The van der Waals surface area contributed by atoms with Gasteiger partial charge in [-0.05, 0) is 58.9 Å². The zero-order chi connectivity index (χ0) is 26.9. The fourth-order valence-corrected chi connectivity index (χ4v) is 4.49. The van der Waals surface area contributed by atoms with E-state index in [0.29, 0.717) is 17.1 Å². The van der Waals surface area contributed by atoms with E-state index < -0.39 is 29.7 Å². The molecule has 5 N–H and O–H groups in total. The van der Waals surface area contributed by atoms with E-state index in [1.165, 1.54) is 28.5 Å². The van der Waals surface area contributed by atoms with Gasteiger partial charge in [0.25, 0.3) is 5.91 Å². The first kappa shape index (κ1) is 34.2. The Labute approximate surface area is 227 Å². The molecule has 2 amide bonds. The molecule has 0 radical (unpaired) electrons. The highest BCUT2D eigenvalue weighted by Crippen LogP contribution is 2.20. The second kappa shape index (κ2) is 19.3. The number of amides is 2. The van der Waals surface area contributed by atoms with Gasteiger partial charge < -0.3 is 10.4 Å². The number of carbonyl (C=O) groups is 3. The third-order valence-electron chi connectivity index (χ3n) is 5.64. The number of hydrazine groups is 1. The predicted molar refractivity (Wildman–Crippen MR) is 155 cm³/mol. The van der Waals surface area contributed by atoms with E-state index in [-0.39, 0.29) is 13.8 Å². The van der Waals surface area contributed by atoms with Crippen LogP contribution in [0.2, 0.25) is 0 Å². The van der Waals surface area contributed by atoms with Gasteiger partial charge in [-0.3, -0.25) is 19.8 Å². The summed E-state index contributed by atoms with van der Waals surface area (Å²) in [7, 11) is 0. The summed E-state index contributed by atoms with van der Waals surface area (Å²) in [6, 6.07) is 7.72. The number of hydrogen-bond donors (Lipinski definition) is 4. The molecule has 0 spiro atoms. The average Bonchev–Trinajstić information content (AvgIpc) is 2.84. The first-order valence-corrected chi connectivity index (χ1v) is 13.4. The SMILES string of the molecule is C.CC(C)=CCC/C(C)=C/CC/C(C)=C/CSC[C@H](NC(=O)CC(C(=O)O)c1ccccc1)C(=O)NN. The number of rotatable bonds is 16. The number of hydrogen-bond acceptors (Lipinski definition) is 5. The van der Waals surface area contributed by atoms with Crippen LogP contribution in [0, 0.1) is 0 Å². The summed E-state index contributed by atoms with van der Waals surface area (Å²) in [6.45, 7) is 8.49. The number of nitrogens with one attached hydrogen (secondary N) is 2. The van der Waals surface area contributed by atoms with Crippen molar-refractivity contribution < 1.29 is 19.5 Å². The van der Waals surface area contributed by atoms with Gasteiger partial charge in [0.1, 0.15) is 6.04 Å². The van der Waals surface area contributed by atoms with Crippen LogP contribution in [0.25, 0.3) is 0 Å². The van der Waals surface area contributed by atoms with Gasteiger partial charge in [-0.1, -0.05) is 72.7 Å². The Morgan fingerprint density at radius 1 is 0.973 bits per heavy atom. The van der Waals surface area contributed by atoms with E-state index in [4.69, 9.17) is 5.84 Å². The number of carboxylic acid groups (broad SMARTS) is 1. The molecule has 8 heteroatoms. The van der Waals surface area contributed by atoms with Crippen LogP contribution in [0.15, 0.2) is 65.3 Å². The lowest BCUT2D eigenvalue weighted by Crippen LogP contribution is -2.50. The van der Waals surface area contributed by atoms with Gasteiger partial charge in [-0.15, -0.1) is 0 Å². The standard InChI is InChI=1S/C28H41N3O4S.CH4/c1-20(2)10-8-11-21(3)12-9-13-22(4)16-17-36-19-25(27(33)31-29)30-26(32)18-24(28(34)35)23-14-6-5-7-15-23;/h5-7,10,12,14-16,24-25H,8-9,11,13,17-19,29H2,1-4H3,(H,30,32)(H,31,33)(H,34,35);1H4/b21-12+,22-16+;/t24?,25-;/m0./s1. The van der Waals surface area contributed by atoms with Gasteiger partial charge >= 0.3 is 5.97 Å². The van der Waals surface area contributed by atoms with Crippen LogP contribution < -0.4 is 16.6 Å². The highest BCUT2D eigenvalue weighted by atomic mass is 32.2. The molecule has 1 aromatic carbocycles. The Morgan fingerprint density at radius 3 is 2.14 bits per heavy atom. The minimum Gasteiger partial charge on any atom is -0.481 e. The third-order valence-corrected chi connectivity index (χ3v) is 6.61. The minimum absolute atomic E-state index is 0. The number of aliphatic carboxylic acids is 1. The zero-order valence-electron chi connectivity index (χ0n) is 21.9. The van der Waals surface area contributed by atoms with E-state index >= 15 is 0 Å². The van der Waals surface area contributed by atoms with Crippen LogP contribution in [0.4, 0.5) is 0 Å². The summed E-state index contributed by atoms with van der Waals surface area (Å²) in [4.78, 5) is 36.4. The average molecular weight is 532 g/mol. The van der Waals surface area contributed by atoms with Crippen molar-refractivity contribution in [3.63, 3.8) is 0 Å². The third kappa shape index (κ3) is 15.1. The molecule has 1 rings (SSSR count). The zero-order valence-corrected chi connectivity index (χ0v) is 22.7. The van der Waals surface area contributed by atoms with Crippen LogP contribution in [-0.2, 0) is 14.4 Å². The number of allylic oxidation sites excluding steroid dienone is 5. The van der Waals surface area contributed by atoms with Crippen LogP contribution in [0.5, 0.6) is 0 Å². The molecule has 0 heterocycles. The van der Waals surface area contributed by atoms with Gasteiger partial charge in [0.2, 0.25) is 5.91 Å². The highest BCUT2D eigenvalue weighted by Gasteiger charge is 2.26. The van der Waals surface area contributed by atoms with Gasteiger partial charge in [0.15, 0.2) is 0 Å². The maximum Gasteiger partial charge on any atom is 0.311 e. The minimum atomic E-state index is -1.09. The van der Waals surface area contributed by atoms with Crippen molar-refractivity contribution in [1.82, 2.24) is 10.7 Å². The fourth-order valence-electron chi connectivity index (χ4n) is 3.48.